The average Bonchev–Trinajstić information content (AvgIpc) is 3.13. The highest BCUT2D eigenvalue weighted by molar-refractivity contribution is 5.93. The molecule has 2 aromatic rings. The first kappa shape index (κ1) is 15.7. The number of aryl methyl sites for hydroxylation is 1. The third-order valence-electron chi connectivity index (χ3n) is 4.52. The van der Waals surface area contributed by atoms with Crippen LogP contribution in [0.5, 0.6) is 0 Å². The van der Waals surface area contributed by atoms with E-state index in [9.17, 15) is 4.79 Å². The van der Waals surface area contributed by atoms with E-state index in [0.29, 0.717) is 23.9 Å². The van der Waals surface area contributed by atoms with Crippen molar-refractivity contribution < 1.29 is 9.32 Å². The lowest BCUT2D eigenvalue weighted by atomic mass is 9.98. The van der Waals surface area contributed by atoms with Gasteiger partial charge < -0.3 is 14.7 Å². The van der Waals surface area contributed by atoms with Crippen LogP contribution in [0, 0.1) is 12.8 Å². The minimum atomic E-state index is -0.185. The van der Waals surface area contributed by atoms with Crippen LogP contribution in [0.4, 0.5) is 0 Å². The SMILES string of the molecule is Cc1c(-c2cc(C(=O)NC[C@@H]3CCCN(C)C3)no2)cnn1C. The van der Waals surface area contributed by atoms with E-state index in [1.807, 2.05) is 14.0 Å². The minimum absolute atomic E-state index is 0.185. The second-order valence-corrected chi connectivity index (χ2v) is 6.32. The lowest BCUT2D eigenvalue weighted by molar-refractivity contribution is 0.0928. The molecular formula is C16H23N5O2. The van der Waals surface area contributed by atoms with Crippen LogP contribution in [0.1, 0.15) is 29.0 Å². The summed E-state index contributed by atoms with van der Waals surface area (Å²) >= 11 is 0. The number of rotatable bonds is 4. The molecular weight excluding hydrogens is 294 g/mol. The molecule has 1 N–H and O–H groups in total. The molecule has 0 unspecified atom stereocenters. The predicted octanol–water partition coefficient (Wildman–Crippen LogP) is 1.46. The van der Waals surface area contributed by atoms with Crippen molar-refractivity contribution in [3.63, 3.8) is 0 Å². The largest absolute Gasteiger partial charge is 0.355 e. The van der Waals surface area contributed by atoms with Crippen LogP contribution in [0.2, 0.25) is 0 Å². The molecule has 1 atom stereocenters. The molecule has 7 heteroatoms. The van der Waals surface area contributed by atoms with Crippen molar-refractivity contribution in [3.05, 3.63) is 23.7 Å². The number of nitrogens with zero attached hydrogens (tertiary/aromatic N) is 4. The zero-order chi connectivity index (χ0) is 16.4. The van der Waals surface area contributed by atoms with E-state index in [0.717, 1.165) is 30.8 Å². The highest BCUT2D eigenvalue weighted by atomic mass is 16.5. The summed E-state index contributed by atoms with van der Waals surface area (Å²) in [6.07, 6.45) is 4.06. The summed E-state index contributed by atoms with van der Waals surface area (Å²) in [6, 6.07) is 1.67. The summed E-state index contributed by atoms with van der Waals surface area (Å²) in [7, 11) is 3.98. The Morgan fingerprint density at radius 1 is 1.48 bits per heavy atom. The molecule has 0 spiro atoms. The summed E-state index contributed by atoms with van der Waals surface area (Å²) in [5, 5.41) is 11.0. The Morgan fingerprint density at radius 2 is 2.30 bits per heavy atom. The number of aromatic nitrogens is 3. The monoisotopic (exact) mass is 317 g/mol. The molecule has 2 aromatic heterocycles. The van der Waals surface area contributed by atoms with E-state index >= 15 is 0 Å². The lowest BCUT2D eigenvalue weighted by Gasteiger charge is -2.29. The number of likely N-dealkylation sites (tertiary alicyclic amines) is 1. The van der Waals surface area contributed by atoms with E-state index in [-0.39, 0.29) is 5.91 Å². The van der Waals surface area contributed by atoms with Gasteiger partial charge in [-0.1, -0.05) is 5.16 Å². The molecule has 3 heterocycles. The van der Waals surface area contributed by atoms with Crippen molar-refractivity contribution in [2.75, 3.05) is 26.7 Å². The number of hydrogen-bond acceptors (Lipinski definition) is 5. The maximum Gasteiger partial charge on any atom is 0.273 e. The van der Waals surface area contributed by atoms with Crippen LogP contribution >= 0.6 is 0 Å². The normalized spacial score (nSPS) is 19.0. The van der Waals surface area contributed by atoms with E-state index in [1.54, 1.807) is 16.9 Å². The van der Waals surface area contributed by atoms with Gasteiger partial charge in [-0.3, -0.25) is 9.48 Å². The molecule has 1 aliphatic heterocycles. The molecule has 7 nitrogen and oxygen atoms in total. The van der Waals surface area contributed by atoms with E-state index in [4.69, 9.17) is 4.52 Å². The standard InChI is InChI=1S/C16H23N5O2/c1-11-13(9-18-21(11)3)15-7-14(19-23-15)16(22)17-8-12-5-4-6-20(2)10-12/h7,9,12H,4-6,8,10H2,1-3H3,(H,17,22)/t12-/m0/s1. The highest BCUT2D eigenvalue weighted by Crippen LogP contribution is 2.23. The van der Waals surface area contributed by atoms with Crippen LogP contribution in [-0.2, 0) is 7.05 Å². The first-order valence-corrected chi connectivity index (χ1v) is 7.97. The second kappa shape index (κ2) is 6.54. The van der Waals surface area contributed by atoms with Gasteiger partial charge in [0.25, 0.3) is 5.91 Å². The Kier molecular flexibility index (Phi) is 4.47. The molecule has 1 fully saturated rings. The van der Waals surface area contributed by atoms with Crippen LogP contribution in [0.25, 0.3) is 11.3 Å². The minimum Gasteiger partial charge on any atom is -0.355 e. The zero-order valence-electron chi connectivity index (χ0n) is 13.9. The first-order chi connectivity index (χ1) is 11.0. The Balaban J connectivity index is 1.61. The highest BCUT2D eigenvalue weighted by Gasteiger charge is 2.20. The van der Waals surface area contributed by atoms with Crippen LogP contribution < -0.4 is 5.32 Å². The van der Waals surface area contributed by atoms with Crippen molar-refractivity contribution in [2.24, 2.45) is 13.0 Å². The van der Waals surface area contributed by atoms with E-state index in [2.05, 4.69) is 27.5 Å². The van der Waals surface area contributed by atoms with Gasteiger partial charge in [0.05, 0.1) is 11.8 Å². The lowest BCUT2D eigenvalue weighted by Crippen LogP contribution is -2.39. The maximum atomic E-state index is 12.2. The molecule has 3 rings (SSSR count). The molecule has 23 heavy (non-hydrogen) atoms. The molecule has 0 bridgehead atoms. The molecule has 124 valence electrons. The number of carbonyl (C=O) groups excluding carboxylic acids is 1. The molecule has 0 aromatic carbocycles. The van der Waals surface area contributed by atoms with E-state index < -0.39 is 0 Å². The quantitative estimate of drug-likeness (QED) is 0.924. The van der Waals surface area contributed by atoms with Gasteiger partial charge in [0.15, 0.2) is 11.5 Å². The van der Waals surface area contributed by atoms with Crippen molar-refractivity contribution in [1.82, 2.24) is 25.2 Å². The zero-order valence-corrected chi connectivity index (χ0v) is 13.9. The van der Waals surface area contributed by atoms with Crippen molar-refractivity contribution in [1.29, 1.82) is 0 Å². The molecule has 0 aliphatic carbocycles. The Morgan fingerprint density at radius 3 is 3.00 bits per heavy atom. The number of piperidine rings is 1. The van der Waals surface area contributed by atoms with Crippen molar-refractivity contribution in [3.8, 4) is 11.3 Å². The van der Waals surface area contributed by atoms with Gasteiger partial charge in [-0.2, -0.15) is 5.10 Å². The predicted molar refractivity (Wildman–Crippen MR) is 86.0 cm³/mol. The number of carbonyl (C=O) groups is 1. The molecule has 1 aliphatic rings. The third-order valence-corrected chi connectivity index (χ3v) is 4.52. The topological polar surface area (TPSA) is 76.2 Å². The molecule has 1 amide bonds. The molecule has 1 saturated heterocycles. The smallest absolute Gasteiger partial charge is 0.273 e. The fourth-order valence-electron chi connectivity index (χ4n) is 3.02. The summed E-state index contributed by atoms with van der Waals surface area (Å²) in [4.78, 5) is 14.5. The number of nitrogens with one attached hydrogen (secondary N) is 1. The van der Waals surface area contributed by atoms with Crippen LogP contribution in [0.15, 0.2) is 16.8 Å². The van der Waals surface area contributed by atoms with Gasteiger partial charge in [0.2, 0.25) is 0 Å². The Hall–Kier alpha value is -2.15. The van der Waals surface area contributed by atoms with Gasteiger partial charge in [-0.25, -0.2) is 0 Å². The van der Waals surface area contributed by atoms with E-state index in [1.165, 1.54) is 6.42 Å². The fraction of sp³-hybridized carbons (Fsp3) is 0.562. The maximum absolute atomic E-state index is 12.2. The van der Waals surface area contributed by atoms with Gasteiger partial charge in [0, 0.05) is 31.9 Å². The summed E-state index contributed by atoms with van der Waals surface area (Å²) in [6.45, 7) is 4.79. The Bertz CT molecular complexity index is 690. The summed E-state index contributed by atoms with van der Waals surface area (Å²) in [5.41, 5.74) is 2.14. The third kappa shape index (κ3) is 3.44. The van der Waals surface area contributed by atoms with Gasteiger partial charge in [-0.15, -0.1) is 0 Å². The molecule has 0 radical (unpaired) electrons. The van der Waals surface area contributed by atoms with Gasteiger partial charge in [0.1, 0.15) is 0 Å². The van der Waals surface area contributed by atoms with Crippen LogP contribution in [-0.4, -0.2) is 52.4 Å². The Labute approximate surface area is 135 Å². The van der Waals surface area contributed by atoms with Crippen LogP contribution in [0.3, 0.4) is 0 Å². The average molecular weight is 317 g/mol. The summed E-state index contributed by atoms with van der Waals surface area (Å²) in [5.74, 6) is 0.887. The van der Waals surface area contributed by atoms with Gasteiger partial charge >= 0.3 is 0 Å². The molecule has 0 saturated carbocycles. The second-order valence-electron chi connectivity index (χ2n) is 6.32. The van der Waals surface area contributed by atoms with Crippen molar-refractivity contribution in [2.45, 2.75) is 19.8 Å². The number of hydrogen-bond donors (Lipinski definition) is 1. The fourth-order valence-corrected chi connectivity index (χ4v) is 3.02. The first-order valence-electron chi connectivity index (χ1n) is 7.97. The number of amides is 1. The van der Waals surface area contributed by atoms with Gasteiger partial charge in [-0.05, 0) is 39.3 Å². The van der Waals surface area contributed by atoms with Crippen molar-refractivity contribution >= 4 is 5.91 Å². The summed E-state index contributed by atoms with van der Waals surface area (Å²) < 4.78 is 7.06.